The van der Waals surface area contributed by atoms with Crippen LogP contribution in [0.3, 0.4) is 0 Å². The molecule has 0 rings (SSSR count). The Labute approximate surface area is 299 Å². The van der Waals surface area contributed by atoms with Crippen molar-refractivity contribution in [2.45, 2.75) is 238 Å². The van der Waals surface area contributed by atoms with Crippen LogP contribution in [-0.4, -0.2) is 47.3 Å². The molecule has 0 aromatic heterocycles. The minimum absolute atomic E-state index is 0.0407. The molecule has 0 saturated carbocycles. The van der Waals surface area contributed by atoms with Gasteiger partial charge in [0, 0.05) is 13.1 Å². The van der Waals surface area contributed by atoms with E-state index >= 15 is 0 Å². The molecule has 0 aromatic carbocycles. The number of carbonyl (C=O) groups excluding carboxylic acids is 2. The molecule has 0 radical (unpaired) electrons. The average Bonchev–Trinajstić information content (AvgIpc) is 3.08. The summed E-state index contributed by atoms with van der Waals surface area (Å²) < 4.78 is 0. The van der Waals surface area contributed by atoms with Gasteiger partial charge in [-0.05, 0) is 32.1 Å². The topological polar surface area (TPSA) is 98.7 Å². The van der Waals surface area contributed by atoms with Crippen molar-refractivity contribution < 1.29 is 19.8 Å². The molecule has 2 amide bonds. The largest absolute Gasteiger partial charge is 0.393 e. The summed E-state index contributed by atoms with van der Waals surface area (Å²) in [4.78, 5) is 24.6. The summed E-state index contributed by atoms with van der Waals surface area (Å²) in [7, 11) is 0. The lowest BCUT2D eigenvalue weighted by Gasteiger charge is -2.23. The second kappa shape index (κ2) is 37.1. The van der Waals surface area contributed by atoms with E-state index in [4.69, 9.17) is 0 Å². The van der Waals surface area contributed by atoms with Crippen molar-refractivity contribution in [2.24, 2.45) is 5.92 Å². The number of hydrogen-bond acceptors (Lipinski definition) is 4. The van der Waals surface area contributed by atoms with Gasteiger partial charge in [0.05, 0.1) is 24.5 Å². The maximum absolute atomic E-state index is 12.8. The van der Waals surface area contributed by atoms with Gasteiger partial charge in [-0.1, -0.05) is 188 Å². The highest BCUT2D eigenvalue weighted by Gasteiger charge is 2.27. The van der Waals surface area contributed by atoms with Crippen LogP contribution in [0, 0.1) is 5.92 Å². The molecule has 286 valence electrons. The lowest BCUT2D eigenvalue weighted by molar-refractivity contribution is -0.129. The Balaban J connectivity index is 3.70. The fraction of sp³-hybridized carbons (Fsp3) is 0.952. The van der Waals surface area contributed by atoms with E-state index in [2.05, 4.69) is 17.6 Å². The minimum Gasteiger partial charge on any atom is -0.393 e. The lowest BCUT2D eigenvalue weighted by atomic mass is 9.90. The van der Waals surface area contributed by atoms with Gasteiger partial charge >= 0.3 is 0 Å². The van der Waals surface area contributed by atoms with Crippen LogP contribution in [0.15, 0.2) is 0 Å². The third-order valence-corrected chi connectivity index (χ3v) is 10.0. The predicted molar refractivity (Wildman–Crippen MR) is 206 cm³/mol. The van der Waals surface area contributed by atoms with Gasteiger partial charge in [-0.3, -0.25) is 9.59 Å². The molecule has 0 spiro atoms. The predicted octanol–water partition coefficient (Wildman–Crippen LogP) is 11.1. The second-order valence-corrected chi connectivity index (χ2v) is 14.9. The standard InChI is InChI=1S/C42H84N2O4/c1-4-7-8-9-10-11-12-13-14-15-16-17-18-19-20-21-22-23-24-25-26-27-28-29-30-31-32-39(42(48)44-36-6-3)40(46)34-33-38(45)37-41(47)43-35-5-2/h38-40,45-46H,4-37H2,1-3H3,(H,43,47)(H,44,48). The highest BCUT2D eigenvalue weighted by molar-refractivity contribution is 5.79. The van der Waals surface area contributed by atoms with Crippen LogP contribution in [0.1, 0.15) is 226 Å². The maximum atomic E-state index is 12.8. The van der Waals surface area contributed by atoms with Crippen LogP contribution in [0.2, 0.25) is 0 Å². The summed E-state index contributed by atoms with van der Waals surface area (Å²) >= 11 is 0. The lowest BCUT2D eigenvalue weighted by Crippen LogP contribution is -2.38. The molecule has 0 heterocycles. The molecule has 3 unspecified atom stereocenters. The number of aliphatic hydroxyl groups is 2. The molecule has 3 atom stereocenters. The molecule has 6 heteroatoms. The Kier molecular flexibility index (Phi) is 36.2. The van der Waals surface area contributed by atoms with Gasteiger partial charge < -0.3 is 20.8 Å². The van der Waals surface area contributed by atoms with Crippen LogP contribution in [0.5, 0.6) is 0 Å². The number of nitrogens with one attached hydrogen (secondary N) is 2. The summed E-state index contributed by atoms with van der Waals surface area (Å²) in [6, 6.07) is 0. The number of amides is 2. The summed E-state index contributed by atoms with van der Waals surface area (Å²) in [5.74, 6) is -0.701. The molecule has 6 nitrogen and oxygen atoms in total. The van der Waals surface area contributed by atoms with Gasteiger partial charge in [0.2, 0.25) is 11.8 Å². The van der Waals surface area contributed by atoms with Crippen molar-refractivity contribution in [2.75, 3.05) is 13.1 Å². The second-order valence-electron chi connectivity index (χ2n) is 14.9. The third kappa shape index (κ3) is 32.1. The van der Waals surface area contributed by atoms with E-state index in [-0.39, 0.29) is 18.2 Å². The van der Waals surface area contributed by atoms with E-state index in [9.17, 15) is 19.8 Å². The van der Waals surface area contributed by atoms with Crippen LogP contribution in [-0.2, 0) is 9.59 Å². The highest BCUT2D eigenvalue weighted by Crippen LogP contribution is 2.21. The smallest absolute Gasteiger partial charge is 0.225 e. The highest BCUT2D eigenvalue weighted by atomic mass is 16.3. The van der Waals surface area contributed by atoms with E-state index in [1.807, 2.05) is 13.8 Å². The van der Waals surface area contributed by atoms with Gasteiger partial charge in [0.15, 0.2) is 0 Å². The van der Waals surface area contributed by atoms with Gasteiger partial charge in [0.1, 0.15) is 0 Å². The Bertz CT molecular complexity index is 689. The molecule has 4 N–H and O–H groups in total. The molecule has 0 saturated heterocycles. The Morgan fingerprint density at radius 3 is 1.17 bits per heavy atom. The first-order valence-electron chi connectivity index (χ1n) is 21.4. The normalized spacial score (nSPS) is 13.4. The number of hydrogen-bond donors (Lipinski definition) is 4. The summed E-state index contributed by atoms with van der Waals surface area (Å²) in [5, 5.41) is 26.8. The summed E-state index contributed by atoms with van der Waals surface area (Å²) in [6.45, 7) is 7.52. The first kappa shape index (κ1) is 46.9. The SMILES string of the molecule is CCCCCCCCCCCCCCCCCCCCCCCCCCCCC(C(=O)NCCC)C(O)CCC(O)CC(=O)NCCC. The number of carbonyl (C=O) groups is 2. The Morgan fingerprint density at radius 2 is 0.792 bits per heavy atom. The minimum atomic E-state index is -0.797. The summed E-state index contributed by atoms with van der Waals surface area (Å²) in [6.07, 6.45) is 37.1. The first-order valence-corrected chi connectivity index (χ1v) is 21.4. The van der Waals surface area contributed by atoms with E-state index in [1.54, 1.807) is 0 Å². The monoisotopic (exact) mass is 681 g/mol. The van der Waals surface area contributed by atoms with Crippen molar-refractivity contribution in [3.8, 4) is 0 Å². The molecular weight excluding hydrogens is 596 g/mol. The van der Waals surface area contributed by atoms with E-state index < -0.39 is 18.1 Å². The van der Waals surface area contributed by atoms with Crippen LogP contribution < -0.4 is 10.6 Å². The molecule has 0 aromatic rings. The Morgan fingerprint density at radius 1 is 0.438 bits per heavy atom. The van der Waals surface area contributed by atoms with Crippen molar-refractivity contribution in [1.29, 1.82) is 0 Å². The summed E-state index contributed by atoms with van der Waals surface area (Å²) in [5.41, 5.74) is 0. The molecule has 0 bridgehead atoms. The van der Waals surface area contributed by atoms with Gasteiger partial charge in [-0.25, -0.2) is 0 Å². The van der Waals surface area contributed by atoms with Gasteiger partial charge in [-0.15, -0.1) is 0 Å². The number of unbranched alkanes of at least 4 members (excludes halogenated alkanes) is 25. The van der Waals surface area contributed by atoms with Gasteiger partial charge in [-0.2, -0.15) is 0 Å². The quantitative estimate of drug-likeness (QED) is 0.0488. The molecular formula is C42H84N2O4. The third-order valence-electron chi connectivity index (χ3n) is 10.0. The molecule has 0 aliphatic rings. The van der Waals surface area contributed by atoms with Crippen LogP contribution in [0.25, 0.3) is 0 Å². The van der Waals surface area contributed by atoms with Crippen LogP contribution in [0.4, 0.5) is 0 Å². The van der Waals surface area contributed by atoms with Crippen LogP contribution >= 0.6 is 0 Å². The van der Waals surface area contributed by atoms with E-state index in [0.717, 1.165) is 25.7 Å². The Hall–Kier alpha value is -1.14. The number of aliphatic hydroxyl groups excluding tert-OH is 2. The average molecular weight is 681 g/mol. The van der Waals surface area contributed by atoms with E-state index in [1.165, 1.54) is 154 Å². The zero-order chi connectivity index (χ0) is 35.3. The van der Waals surface area contributed by atoms with Crippen molar-refractivity contribution in [1.82, 2.24) is 10.6 Å². The fourth-order valence-corrected chi connectivity index (χ4v) is 6.77. The zero-order valence-electron chi connectivity index (χ0n) is 32.5. The molecule has 0 aliphatic carbocycles. The molecule has 0 fully saturated rings. The fourth-order valence-electron chi connectivity index (χ4n) is 6.77. The van der Waals surface area contributed by atoms with E-state index in [0.29, 0.717) is 32.4 Å². The molecule has 0 aliphatic heterocycles. The number of rotatable bonds is 38. The zero-order valence-corrected chi connectivity index (χ0v) is 32.5. The van der Waals surface area contributed by atoms with Gasteiger partial charge in [0.25, 0.3) is 0 Å². The maximum Gasteiger partial charge on any atom is 0.225 e. The van der Waals surface area contributed by atoms with Crippen molar-refractivity contribution >= 4 is 11.8 Å². The van der Waals surface area contributed by atoms with Crippen molar-refractivity contribution in [3.05, 3.63) is 0 Å². The first-order chi connectivity index (χ1) is 23.5. The molecule has 48 heavy (non-hydrogen) atoms. The van der Waals surface area contributed by atoms with Crippen molar-refractivity contribution in [3.63, 3.8) is 0 Å².